The lowest BCUT2D eigenvalue weighted by Crippen LogP contribution is -2.33. The minimum Gasteiger partial charge on any atom is -0.385 e. The first-order valence-corrected chi connectivity index (χ1v) is 10.6. The minimum atomic E-state index is -0.341. The van der Waals surface area contributed by atoms with Gasteiger partial charge in [0.25, 0.3) is 0 Å². The topological polar surface area (TPSA) is 132 Å². The highest BCUT2D eigenvalue weighted by Gasteiger charge is 2.22. The van der Waals surface area contributed by atoms with Crippen molar-refractivity contribution in [3.05, 3.63) is 97.8 Å². The lowest BCUT2D eigenvalue weighted by atomic mass is 10.1. The van der Waals surface area contributed by atoms with Gasteiger partial charge in [-0.3, -0.25) is 4.90 Å². The molecule has 0 radical (unpaired) electrons. The number of hydrazone groups is 1. The Hall–Kier alpha value is -3.13. The number of rotatable bonds is 9. The number of nitrogens with zero attached hydrogens (tertiary/aromatic N) is 2. The second-order valence-corrected chi connectivity index (χ2v) is 7.25. The van der Waals surface area contributed by atoms with Crippen molar-refractivity contribution < 1.29 is 0 Å². The molecule has 7 heteroatoms. The van der Waals surface area contributed by atoms with E-state index in [0.717, 1.165) is 23.4 Å². The molecule has 9 N–H and O–H groups in total. The molecule has 32 heavy (non-hydrogen) atoms. The summed E-state index contributed by atoms with van der Waals surface area (Å²) in [6, 6.07) is 10.1. The summed E-state index contributed by atoms with van der Waals surface area (Å²) in [7, 11) is 2.15. The van der Waals surface area contributed by atoms with Crippen LogP contribution < -0.4 is 28.4 Å². The van der Waals surface area contributed by atoms with Crippen molar-refractivity contribution in [1.29, 1.82) is 0 Å². The number of nitrogens with two attached hydrogens (primary N) is 4. The molecular formula is C25H41N7. The van der Waals surface area contributed by atoms with E-state index in [1.54, 1.807) is 12.2 Å². The van der Waals surface area contributed by atoms with Gasteiger partial charge in [0.1, 0.15) is 5.84 Å². The van der Waals surface area contributed by atoms with Gasteiger partial charge in [0, 0.05) is 24.7 Å². The number of amidine groups is 1. The molecule has 1 aliphatic heterocycles. The van der Waals surface area contributed by atoms with Crippen molar-refractivity contribution >= 4 is 5.84 Å². The Morgan fingerprint density at radius 1 is 1.25 bits per heavy atom. The average Bonchev–Trinajstić information content (AvgIpc) is 3.24. The second-order valence-electron chi connectivity index (χ2n) is 7.25. The zero-order valence-electron chi connectivity index (χ0n) is 19.4. The van der Waals surface area contributed by atoms with Gasteiger partial charge in [-0.15, -0.1) is 6.58 Å². The predicted molar refractivity (Wildman–Crippen MR) is 139 cm³/mol. The van der Waals surface area contributed by atoms with E-state index in [2.05, 4.69) is 48.7 Å². The van der Waals surface area contributed by atoms with Gasteiger partial charge >= 0.3 is 0 Å². The average molecular weight is 440 g/mol. The van der Waals surface area contributed by atoms with Crippen LogP contribution in [0.4, 0.5) is 0 Å². The summed E-state index contributed by atoms with van der Waals surface area (Å²) in [6.45, 7) is 16.9. The fourth-order valence-corrected chi connectivity index (χ4v) is 2.91. The van der Waals surface area contributed by atoms with Crippen molar-refractivity contribution in [3.63, 3.8) is 0 Å². The van der Waals surface area contributed by atoms with Gasteiger partial charge in [-0.1, -0.05) is 74.4 Å². The van der Waals surface area contributed by atoms with Crippen LogP contribution >= 0.6 is 0 Å². The molecule has 1 aromatic carbocycles. The molecule has 2 rings (SSSR count). The predicted octanol–water partition coefficient (Wildman–Crippen LogP) is 2.88. The number of likely N-dealkylation sites (tertiary alicyclic amines) is 1. The third kappa shape index (κ3) is 12.5. The molecule has 7 nitrogen and oxygen atoms in total. The summed E-state index contributed by atoms with van der Waals surface area (Å²) in [5, 5.41) is 6.57. The highest BCUT2D eigenvalue weighted by atomic mass is 15.2. The van der Waals surface area contributed by atoms with Gasteiger partial charge in [0.15, 0.2) is 0 Å². The molecule has 1 saturated heterocycles. The van der Waals surface area contributed by atoms with Crippen LogP contribution in [-0.2, 0) is 0 Å². The van der Waals surface area contributed by atoms with E-state index in [0.29, 0.717) is 18.3 Å². The normalized spacial score (nSPS) is 16.2. The van der Waals surface area contributed by atoms with Crippen LogP contribution in [0.25, 0.3) is 0 Å². The maximum atomic E-state index is 5.39. The molecule has 0 saturated carbocycles. The molecule has 0 amide bonds. The molecule has 0 bridgehead atoms. The van der Waals surface area contributed by atoms with Crippen molar-refractivity contribution in [2.24, 2.45) is 28.1 Å². The third-order valence-corrected chi connectivity index (χ3v) is 4.74. The third-order valence-electron chi connectivity index (χ3n) is 4.74. The molecule has 1 unspecified atom stereocenters. The van der Waals surface area contributed by atoms with Crippen LogP contribution in [0.15, 0.2) is 97.3 Å². The summed E-state index contributed by atoms with van der Waals surface area (Å²) in [5.41, 5.74) is 19.1. The fraction of sp³-hybridized carbons (Fsp3) is 0.320. The minimum absolute atomic E-state index is 0.341. The van der Waals surface area contributed by atoms with Crippen molar-refractivity contribution in [2.75, 3.05) is 20.1 Å². The largest absolute Gasteiger partial charge is 0.385 e. The lowest BCUT2D eigenvalue weighted by Gasteiger charge is -2.23. The fourth-order valence-electron chi connectivity index (χ4n) is 2.91. The number of likely N-dealkylation sites (N-methyl/N-ethyl adjacent to an activating group) is 1. The molecule has 1 atom stereocenters. The molecular weight excluding hydrogens is 398 g/mol. The van der Waals surface area contributed by atoms with Gasteiger partial charge in [0.05, 0.1) is 6.17 Å². The van der Waals surface area contributed by atoms with Crippen LogP contribution in [0, 0.1) is 0 Å². The number of allylic oxidation sites excluding steroid dienone is 2. The Labute approximate surface area is 193 Å². The second kappa shape index (κ2) is 17.5. The number of hydrogen-bond donors (Lipinski definition) is 5. The van der Waals surface area contributed by atoms with Gasteiger partial charge in [-0.25, -0.2) is 0 Å². The van der Waals surface area contributed by atoms with Crippen LogP contribution in [0.5, 0.6) is 0 Å². The molecule has 1 aromatic rings. The van der Waals surface area contributed by atoms with Gasteiger partial charge < -0.3 is 28.4 Å². The highest BCUT2D eigenvalue weighted by molar-refractivity contribution is 5.81. The Kier molecular flexibility index (Phi) is 15.8. The zero-order valence-corrected chi connectivity index (χ0v) is 19.4. The van der Waals surface area contributed by atoms with Crippen molar-refractivity contribution in [1.82, 2.24) is 10.2 Å². The Morgan fingerprint density at radius 2 is 1.91 bits per heavy atom. The van der Waals surface area contributed by atoms with Crippen LogP contribution in [0.2, 0.25) is 0 Å². The monoisotopic (exact) mass is 439 g/mol. The number of benzene rings is 1. The SMILES string of the molecule is C=C/C=C(\C=C)CNC(=C)C1CCCN1C.C=CC/C(N)=N/N.NC(N)c1ccccc1. The molecule has 0 aliphatic carbocycles. The smallest absolute Gasteiger partial charge is 0.123 e. The quantitative estimate of drug-likeness (QED) is 0.0764. The van der Waals surface area contributed by atoms with Gasteiger partial charge in [-0.05, 0) is 37.6 Å². The number of hydrogen-bond acceptors (Lipinski definition) is 6. The van der Waals surface area contributed by atoms with Gasteiger partial charge in [0.2, 0.25) is 0 Å². The standard InChI is InChI=1S/C14H22N2.C7H10N2.C4H9N3/c1-5-8-13(6-2)11-15-12(3)14-9-7-10-16(14)4;8-7(9)6-4-2-1-3-5-6;1-2-3-4(5)7-6/h5-6,8,14-15H,1-3,7,9-11H2,4H3;1-5,7H,8-9H2;2H,1,3,6H2,(H2,5,7)/b13-8+;;. The number of nitrogens with one attached hydrogen (secondary N) is 1. The van der Waals surface area contributed by atoms with Crippen LogP contribution in [0.1, 0.15) is 31.0 Å². The van der Waals surface area contributed by atoms with Crippen molar-refractivity contribution in [2.45, 2.75) is 31.5 Å². The maximum Gasteiger partial charge on any atom is 0.123 e. The first kappa shape index (κ1) is 28.9. The summed E-state index contributed by atoms with van der Waals surface area (Å²) >= 11 is 0. The summed E-state index contributed by atoms with van der Waals surface area (Å²) < 4.78 is 0. The maximum absolute atomic E-state index is 5.39. The Bertz CT molecular complexity index is 751. The van der Waals surface area contributed by atoms with E-state index in [1.807, 2.05) is 42.5 Å². The van der Waals surface area contributed by atoms with E-state index in [1.165, 1.54) is 19.4 Å². The summed E-state index contributed by atoms with van der Waals surface area (Å²) in [6.07, 6.45) is 9.93. The molecule has 0 spiro atoms. The van der Waals surface area contributed by atoms with E-state index in [4.69, 9.17) is 23.0 Å². The zero-order chi connectivity index (χ0) is 24.4. The molecule has 1 fully saturated rings. The van der Waals surface area contributed by atoms with Gasteiger partial charge in [-0.2, -0.15) is 5.10 Å². The lowest BCUT2D eigenvalue weighted by molar-refractivity contribution is 0.335. The highest BCUT2D eigenvalue weighted by Crippen LogP contribution is 2.19. The summed E-state index contributed by atoms with van der Waals surface area (Å²) in [4.78, 5) is 2.35. The van der Waals surface area contributed by atoms with E-state index >= 15 is 0 Å². The van der Waals surface area contributed by atoms with E-state index < -0.39 is 0 Å². The molecule has 1 heterocycles. The Balaban J connectivity index is 0.000000506. The van der Waals surface area contributed by atoms with E-state index in [-0.39, 0.29) is 6.17 Å². The Morgan fingerprint density at radius 3 is 2.28 bits per heavy atom. The van der Waals surface area contributed by atoms with Crippen LogP contribution in [-0.4, -0.2) is 36.9 Å². The van der Waals surface area contributed by atoms with Crippen molar-refractivity contribution in [3.8, 4) is 0 Å². The molecule has 1 aliphatic rings. The van der Waals surface area contributed by atoms with E-state index in [9.17, 15) is 0 Å². The summed E-state index contributed by atoms with van der Waals surface area (Å²) in [5.74, 6) is 5.19. The molecule has 0 aromatic heterocycles. The van der Waals surface area contributed by atoms with Crippen LogP contribution in [0.3, 0.4) is 0 Å². The molecule has 176 valence electrons. The first-order valence-electron chi connectivity index (χ1n) is 10.6. The first-order chi connectivity index (χ1) is 15.3.